The number of methoxy groups -OCH3 is 1. The molecule has 0 atom stereocenters. The zero-order chi connectivity index (χ0) is 18.7. The van der Waals surface area contributed by atoms with Gasteiger partial charge < -0.3 is 9.47 Å². The van der Waals surface area contributed by atoms with Crippen molar-refractivity contribution in [2.24, 2.45) is 5.92 Å². The third-order valence-corrected chi connectivity index (χ3v) is 5.22. The summed E-state index contributed by atoms with van der Waals surface area (Å²) in [6.07, 6.45) is -0.0820. The molecule has 0 radical (unpaired) electrons. The standard InChI is InChI=1S/C15H16F2N2O5S/c1-23-12-8-10(9-18)2-3-13(12)25(21,22)19-14(20)15(16,17)11-4-6-24-7-5-11/h2-3,8,11H,4-7H2,1H3,(H,19,20). The molecule has 25 heavy (non-hydrogen) atoms. The maximum Gasteiger partial charge on any atom is 0.328 e. The summed E-state index contributed by atoms with van der Waals surface area (Å²) in [7, 11) is -3.43. The minimum Gasteiger partial charge on any atom is -0.495 e. The summed E-state index contributed by atoms with van der Waals surface area (Å²) in [5.41, 5.74) is 0.120. The van der Waals surface area contributed by atoms with E-state index in [0.29, 0.717) is 0 Å². The van der Waals surface area contributed by atoms with Crippen LogP contribution in [0.15, 0.2) is 23.1 Å². The van der Waals surface area contributed by atoms with Crippen molar-refractivity contribution in [3.63, 3.8) is 0 Å². The number of hydrogen-bond acceptors (Lipinski definition) is 6. The van der Waals surface area contributed by atoms with Gasteiger partial charge in [0.25, 0.3) is 10.0 Å². The van der Waals surface area contributed by atoms with Gasteiger partial charge in [-0.3, -0.25) is 4.79 Å². The number of carbonyl (C=O) groups is 1. The van der Waals surface area contributed by atoms with Crippen LogP contribution in [0.1, 0.15) is 18.4 Å². The molecule has 0 aromatic heterocycles. The summed E-state index contributed by atoms with van der Waals surface area (Å²) in [4.78, 5) is 11.4. The van der Waals surface area contributed by atoms with E-state index in [2.05, 4.69) is 0 Å². The Morgan fingerprint density at radius 3 is 2.60 bits per heavy atom. The molecule has 1 saturated heterocycles. The third kappa shape index (κ3) is 4.05. The van der Waals surface area contributed by atoms with Crippen LogP contribution in [0.4, 0.5) is 8.78 Å². The van der Waals surface area contributed by atoms with Gasteiger partial charge in [0.1, 0.15) is 10.6 Å². The number of ether oxygens (including phenoxy) is 2. The lowest BCUT2D eigenvalue weighted by Gasteiger charge is -2.28. The van der Waals surface area contributed by atoms with E-state index in [1.165, 1.54) is 10.8 Å². The van der Waals surface area contributed by atoms with Crippen molar-refractivity contribution in [3.8, 4) is 11.8 Å². The molecule has 136 valence electrons. The van der Waals surface area contributed by atoms with E-state index in [9.17, 15) is 22.0 Å². The van der Waals surface area contributed by atoms with Crippen molar-refractivity contribution >= 4 is 15.9 Å². The Balaban J connectivity index is 2.26. The number of carbonyl (C=O) groups excluding carboxylic acids is 1. The van der Waals surface area contributed by atoms with Crippen LogP contribution in [-0.4, -0.2) is 40.6 Å². The molecule has 0 bridgehead atoms. The molecule has 1 heterocycles. The normalized spacial score (nSPS) is 16.1. The molecule has 7 nitrogen and oxygen atoms in total. The number of rotatable bonds is 5. The van der Waals surface area contributed by atoms with E-state index in [4.69, 9.17) is 14.7 Å². The lowest BCUT2D eigenvalue weighted by atomic mass is 9.92. The average Bonchev–Trinajstić information content (AvgIpc) is 2.61. The molecule has 1 aliphatic rings. The van der Waals surface area contributed by atoms with E-state index >= 15 is 0 Å². The van der Waals surface area contributed by atoms with Crippen LogP contribution in [0.3, 0.4) is 0 Å². The Labute approximate surface area is 143 Å². The van der Waals surface area contributed by atoms with E-state index in [1.54, 1.807) is 6.07 Å². The fraction of sp³-hybridized carbons (Fsp3) is 0.467. The van der Waals surface area contributed by atoms with Gasteiger partial charge in [0.2, 0.25) is 0 Å². The SMILES string of the molecule is COc1cc(C#N)ccc1S(=O)(=O)NC(=O)C(F)(F)C1CCOCC1. The number of sulfonamides is 1. The zero-order valence-corrected chi connectivity index (χ0v) is 14.1. The Bertz CT molecular complexity index is 799. The molecule has 1 amide bonds. The quantitative estimate of drug-likeness (QED) is 0.836. The highest BCUT2D eigenvalue weighted by Gasteiger charge is 2.49. The molecule has 2 rings (SSSR count). The molecule has 0 unspecified atom stereocenters. The van der Waals surface area contributed by atoms with Crippen molar-refractivity contribution in [3.05, 3.63) is 23.8 Å². The topological polar surface area (TPSA) is 105 Å². The molecule has 1 N–H and O–H groups in total. The van der Waals surface area contributed by atoms with Gasteiger partial charge in [-0.2, -0.15) is 14.0 Å². The van der Waals surface area contributed by atoms with Crippen LogP contribution in [-0.2, 0) is 19.6 Å². The summed E-state index contributed by atoms with van der Waals surface area (Å²) in [6.45, 7) is 0.174. The maximum absolute atomic E-state index is 14.2. The van der Waals surface area contributed by atoms with Crippen LogP contribution in [0.25, 0.3) is 0 Å². The zero-order valence-electron chi connectivity index (χ0n) is 13.3. The molecule has 1 fully saturated rings. The summed E-state index contributed by atoms with van der Waals surface area (Å²) in [5, 5.41) is 8.81. The van der Waals surface area contributed by atoms with Gasteiger partial charge in [0.15, 0.2) is 0 Å². The number of hydrogen-bond donors (Lipinski definition) is 1. The van der Waals surface area contributed by atoms with Gasteiger partial charge in [-0.25, -0.2) is 13.1 Å². The number of alkyl halides is 2. The third-order valence-electron chi connectivity index (χ3n) is 3.85. The lowest BCUT2D eigenvalue weighted by Crippen LogP contribution is -2.48. The largest absolute Gasteiger partial charge is 0.495 e. The molecular weight excluding hydrogens is 358 g/mol. The minimum absolute atomic E-state index is 0.0410. The van der Waals surface area contributed by atoms with Crippen LogP contribution < -0.4 is 9.46 Å². The lowest BCUT2D eigenvalue weighted by molar-refractivity contribution is -0.157. The predicted octanol–water partition coefficient (Wildman–Crippen LogP) is 1.43. The number of halogens is 2. The summed E-state index contributed by atoms with van der Waals surface area (Å²) >= 11 is 0. The van der Waals surface area contributed by atoms with Gasteiger partial charge in [0, 0.05) is 19.1 Å². The highest BCUT2D eigenvalue weighted by molar-refractivity contribution is 7.90. The van der Waals surface area contributed by atoms with Gasteiger partial charge in [-0.05, 0) is 31.0 Å². The first-order chi connectivity index (χ1) is 11.7. The second-order valence-electron chi connectivity index (χ2n) is 5.42. The summed E-state index contributed by atoms with van der Waals surface area (Å²) in [5.74, 6) is -7.27. The van der Waals surface area contributed by atoms with Crippen molar-refractivity contribution in [1.82, 2.24) is 4.72 Å². The van der Waals surface area contributed by atoms with Crippen molar-refractivity contribution in [1.29, 1.82) is 5.26 Å². The second-order valence-corrected chi connectivity index (χ2v) is 7.07. The molecule has 1 aliphatic heterocycles. The number of nitriles is 1. The number of nitrogens with one attached hydrogen (secondary N) is 1. The monoisotopic (exact) mass is 374 g/mol. The summed E-state index contributed by atoms with van der Waals surface area (Å²) in [6, 6.07) is 5.12. The Morgan fingerprint density at radius 1 is 1.40 bits per heavy atom. The number of benzene rings is 1. The molecule has 1 aromatic rings. The van der Waals surface area contributed by atoms with Gasteiger partial charge in [-0.15, -0.1) is 0 Å². The molecule has 0 spiro atoms. The predicted molar refractivity (Wildman–Crippen MR) is 81.5 cm³/mol. The fourth-order valence-corrected chi connectivity index (χ4v) is 3.59. The van der Waals surface area contributed by atoms with Crippen LogP contribution in [0.5, 0.6) is 5.75 Å². The van der Waals surface area contributed by atoms with Crippen molar-refractivity contribution in [2.75, 3.05) is 20.3 Å². The van der Waals surface area contributed by atoms with Crippen molar-refractivity contribution < 1.29 is 31.5 Å². The van der Waals surface area contributed by atoms with Gasteiger partial charge >= 0.3 is 11.8 Å². The van der Waals surface area contributed by atoms with Gasteiger partial charge in [-0.1, -0.05) is 0 Å². The van der Waals surface area contributed by atoms with E-state index in [1.807, 2.05) is 0 Å². The molecule has 0 saturated carbocycles. The second kappa shape index (κ2) is 7.33. The Morgan fingerprint density at radius 2 is 2.04 bits per heavy atom. The highest BCUT2D eigenvalue weighted by Crippen LogP contribution is 2.33. The maximum atomic E-state index is 14.2. The Kier molecular flexibility index (Phi) is 5.59. The Hall–Kier alpha value is -2.25. The molecule has 0 aliphatic carbocycles. The summed E-state index contributed by atoms with van der Waals surface area (Å²) < 4.78 is 64.3. The van der Waals surface area contributed by atoms with Gasteiger partial charge in [0.05, 0.1) is 18.7 Å². The molecule has 1 aromatic carbocycles. The first-order valence-corrected chi connectivity index (χ1v) is 8.81. The first kappa shape index (κ1) is 19.1. The van der Waals surface area contributed by atoms with E-state index < -0.39 is 32.7 Å². The van der Waals surface area contributed by atoms with Crippen LogP contribution in [0, 0.1) is 17.2 Å². The highest BCUT2D eigenvalue weighted by atomic mass is 32.2. The fourth-order valence-electron chi connectivity index (χ4n) is 2.45. The molecular formula is C15H16F2N2O5S. The first-order valence-electron chi connectivity index (χ1n) is 7.33. The van der Waals surface area contributed by atoms with Crippen LogP contribution >= 0.6 is 0 Å². The van der Waals surface area contributed by atoms with E-state index in [0.717, 1.165) is 19.2 Å². The number of nitrogens with zero attached hydrogens (tertiary/aromatic N) is 1. The molecule has 10 heteroatoms. The van der Waals surface area contributed by atoms with Crippen molar-refractivity contribution in [2.45, 2.75) is 23.7 Å². The minimum atomic E-state index is -4.59. The number of amides is 1. The smallest absolute Gasteiger partial charge is 0.328 e. The van der Waals surface area contributed by atoms with E-state index in [-0.39, 0.29) is 37.4 Å². The average molecular weight is 374 g/mol. The van der Waals surface area contributed by atoms with Crippen LogP contribution in [0.2, 0.25) is 0 Å².